The Morgan fingerprint density at radius 1 is 1.19 bits per heavy atom. The van der Waals surface area contributed by atoms with Crippen LogP contribution in [0.1, 0.15) is 12.5 Å². The number of ether oxygens (including phenoxy) is 2. The SMILES string of the molecule is CCOCCOC(=O)CSc1ncnc2scc(-c3ccc(C)cc3)c12. The molecule has 0 fully saturated rings. The normalized spacial score (nSPS) is 11.0. The van der Waals surface area contributed by atoms with Crippen LogP contribution in [0.15, 0.2) is 41.0 Å². The summed E-state index contributed by atoms with van der Waals surface area (Å²) in [6, 6.07) is 8.37. The number of carbonyl (C=O) groups is 1. The van der Waals surface area contributed by atoms with Gasteiger partial charge in [0.15, 0.2) is 0 Å². The van der Waals surface area contributed by atoms with E-state index >= 15 is 0 Å². The molecule has 0 aliphatic heterocycles. The standard InChI is InChI=1S/C19H20N2O3S2/c1-3-23-8-9-24-16(22)11-26-19-17-15(10-25-18(17)20-12-21-19)14-6-4-13(2)5-7-14/h4-7,10,12H,3,8-9,11H2,1-2H3. The zero-order chi connectivity index (χ0) is 18.4. The van der Waals surface area contributed by atoms with Gasteiger partial charge in [0, 0.05) is 17.6 Å². The van der Waals surface area contributed by atoms with E-state index in [1.54, 1.807) is 17.7 Å². The summed E-state index contributed by atoms with van der Waals surface area (Å²) in [5.41, 5.74) is 3.43. The summed E-state index contributed by atoms with van der Waals surface area (Å²) in [7, 11) is 0. The molecule has 0 unspecified atom stereocenters. The van der Waals surface area contributed by atoms with E-state index in [4.69, 9.17) is 9.47 Å². The first-order valence-corrected chi connectivity index (χ1v) is 10.2. The molecule has 3 rings (SSSR count). The van der Waals surface area contributed by atoms with Gasteiger partial charge in [-0.2, -0.15) is 0 Å². The van der Waals surface area contributed by atoms with Crippen LogP contribution in [0.4, 0.5) is 0 Å². The van der Waals surface area contributed by atoms with Gasteiger partial charge in [0.2, 0.25) is 0 Å². The number of hydrogen-bond acceptors (Lipinski definition) is 7. The van der Waals surface area contributed by atoms with Crippen molar-refractivity contribution in [2.45, 2.75) is 18.9 Å². The molecule has 0 spiro atoms. The summed E-state index contributed by atoms with van der Waals surface area (Å²) in [6.45, 7) is 5.29. The largest absolute Gasteiger partial charge is 0.463 e. The molecule has 0 aliphatic rings. The summed E-state index contributed by atoms with van der Waals surface area (Å²) in [4.78, 5) is 21.6. The van der Waals surface area contributed by atoms with Crippen LogP contribution in [0.5, 0.6) is 0 Å². The van der Waals surface area contributed by atoms with E-state index in [1.165, 1.54) is 17.3 Å². The number of aromatic nitrogens is 2. The average Bonchev–Trinajstić information content (AvgIpc) is 3.09. The molecular formula is C19H20N2O3S2. The third-order valence-corrected chi connectivity index (χ3v) is 5.57. The topological polar surface area (TPSA) is 61.3 Å². The number of carbonyl (C=O) groups excluding carboxylic acids is 1. The molecule has 0 aliphatic carbocycles. The first-order chi connectivity index (χ1) is 12.7. The lowest BCUT2D eigenvalue weighted by atomic mass is 10.1. The van der Waals surface area contributed by atoms with Crippen molar-refractivity contribution >= 4 is 39.3 Å². The Bertz CT molecular complexity index is 878. The molecule has 3 aromatic rings. The molecule has 0 atom stereocenters. The Hall–Kier alpha value is -1.96. The van der Waals surface area contributed by atoms with Crippen LogP contribution in [0.2, 0.25) is 0 Å². The van der Waals surface area contributed by atoms with E-state index in [1.807, 2.05) is 6.92 Å². The van der Waals surface area contributed by atoms with E-state index in [0.717, 1.165) is 26.4 Å². The fraction of sp³-hybridized carbons (Fsp3) is 0.316. The van der Waals surface area contributed by atoms with Gasteiger partial charge in [-0.1, -0.05) is 41.6 Å². The van der Waals surface area contributed by atoms with Crippen molar-refractivity contribution in [1.29, 1.82) is 0 Å². The van der Waals surface area contributed by atoms with Crippen LogP contribution in [-0.4, -0.2) is 41.5 Å². The van der Waals surface area contributed by atoms with Crippen LogP contribution in [0.3, 0.4) is 0 Å². The fourth-order valence-electron chi connectivity index (χ4n) is 2.43. The second-order valence-electron chi connectivity index (χ2n) is 5.58. The Balaban J connectivity index is 1.75. The third-order valence-electron chi connectivity index (χ3n) is 3.72. The first kappa shape index (κ1) is 18.8. The van der Waals surface area contributed by atoms with Gasteiger partial charge in [0.25, 0.3) is 0 Å². The quantitative estimate of drug-likeness (QED) is 0.248. The smallest absolute Gasteiger partial charge is 0.316 e. The predicted octanol–water partition coefficient (Wildman–Crippen LogP) is 4.34. The van der Waals surface area contributed by atoms with Crippen molar-refractivity contribution in [2.24, 2.45) is 0 Å². The van der Waals surface area contributed by atoms with Crippen molar-refractivity contribution in [3.05, 3.63) is 41.5 Å². The lowest BCUT2D eigenvalue weighted by Gasteiger charge is -2.06. The molecule has 0 saturated heterocycles. The van der Waals surface area contributed by atoms with Gasteiger partial charge in [0.1, 0.15) is 22.8 Å². The maximum atomic E-state index is 11.9. The Kier molecular flexibility index (Phi) is 6.60. The van der Waals surface area contributed by atoms with Crippen molar-refractivity contribution in [3.8, 4) is 11.1 Å². The van der Waals surface area contributed by atoms with Crippen LogP contribution in [-0.2, 0) is 14.3 Å². The maximum Gasteiger partial charge on any atom is 0.316 e. The van der Waals surface area contributed by atoms with Gasteiger partial charge in [-0.05, 0) is 19.4 Å². The van der Waals surface area contributed by atoms with Crippen LogP contribution < -0.4 is 0 Å². The van der Waals surface area contributed by atoms with Gasteiger partial charge in [-0.3, -0.25) is 4.79 Å². The Labute approximate surface area is 160 Å². The second kappa shape index (κ2) is 9.12. The minimum Gasteiger partial charge on any atom is -0.463 e. The van der Waals surface area contributed by atoms with Crippen molar-refractivity contribution < 1.29 is 14.3 Å². The van der Waals surface area contributed by atoms with Gasteiger partial charge in [-0.15, -0.1) is 11.3 Å². The van der Waals surface area contributed by atoms with E-state index in [-0.39, 0.29) is 18.3 Å². The fourth-order valence-corrected chi connectivity index (χ4v) is 4.22. The van der Waals surface area contributed by atoms with E-state index in [0.29, 0.717) is 13.2 Å². The number of thioether (sulfide) groups is 1. The Morgan fingerprint density at radius 3 is 2.77 bits per heavy atom. The molecule has 1 aromatic carbocycles. The van der Waals surface area contributed by atoms with E-state index in [9.17, 15) is 4.79 Å². The molecule has 0 saturated carbocycles. The molecular weight excluding hydrogens is 368 g/mol. The van der Waals surface area contributed by atoms with Crippen LogP contribution >= 0.6 is 23.1 Å². The predicted molar refractivity (Wildman–Crippen MR) is 106 cm³/mol. The highest BCUT2D eigenvalue weighted by Gasteiger charge is 2.15. The number of aryl methyl sites for hydroxylation is 1. The zero-order valence-electron chi connectivity index (χ0n) is 14.7. The number of nitrogens with zero attached hydrogens (tertiary/aromatic N) is 2. The Morgan fingerprint density at radius 2 is 2.00 bits per heavy atom. The minimum absolute atomic E-state index is 0.210. The van der Waals surface area contributed by atoms with Gasteiger partial charge in [-0.25, -0.2) is 9.97 Å². The molecule has 0 amide bonds. The minimum atomic E-state index is -0.270. The van der Waals surface area contributed by atoms with Gasteiger partial charge >= 0.3 is 5.97 Å². The molecule has 5 nitrogen and oxygen atoms in total. The molecule has 0 bridgehead atoms. The van der Waals surface area contributed by atoms with Crippen molar-refractivity contribution in [3.63, 3.8) is 0 Å². The highest BCUT2D eigenvalue weighted by molar-refractivity contribution is 8.00. The lowest BCUT2D eigenvalue weighted by Crippen LogP contribution is -2.12. The second-order valence-corrected chi connectivity index (χ2v) is 7.40. The number of rotatable bonds is 8. The van der Waals surface area contributed by atoms with E-state index in [2.05, 4.69) is 46.5 Å². The monoisotopic (exact) mass is 388 g/mol. The summed E-state index contributed by atoms with van der Waals surface area (Å²) in [5.74, 6) is -0.0601. The first-order valence-electron chi connectivity index (χ1n) is 8.34. The number of benzene rings is 1. The zero-order valence-corrected chi connectivity index (χ0v) is 16.4. The van der Waals surface area contributed by atoms with Crippen molar-refractivity contribution in [1.82, 2.24) is 9.97 Å². The molecule has 26 heavy (non-hydrogen) atoms. The highest BCUT2D eigenvalue weighted by atomic mass is 32.2. The number of hydrogen-bond donors (Lipinski definition) is 0. The number of thiophene rings is 1. The maximum absolute atomic E-state index is 11.9. The van der Waals surface area contributed by atoms with E-state index < -0.39 is 0 Å². The molecule has 2 aromatic heterocycles. The molecule has 136 valence electrons. The van der Waals surface area contributed by atoms with Crippen molar-refractivity contribution in [2.75, 3.05) is 25.6 Å². The summed E-state index contributed by atoms with van der Waals surface area (Å²) in [5, 5.41) is 3.89. The lowest BCUT2D eigenvalue weighted by molar-refractivity contribution is -0.141. The molecule has 0 radical (unpaired) electrons. The molecule has 2 heterocycles. The summed E-state index contributed by atoms with van der Waals surface area (Å²) >= 11 is 2.96. The summed E-state index contributed by atoms with van der Waals surface area (Å²) in [6.07, 6.45) is 1.54. The number of esters is 1. The number of fused-ring (bicyclic) bond motifs is 1. The van der Waals surface area contributed by atoms with Crippen LogP contribution in [0, 0.1) is 6.92 Å². The summed E-state index contributed by atoms with van der Waals surface area (Å²) < 4.78 is 10.3. The van der Waals surface area contributed by atoms with Crippen LogP contribution in [0.25, 0.3) is 21.3 Å². The average molecular weight is 389 g/mol. The van der Waals surface area contributed by atoms with Gasteiger partial charge < -0.3 is 9.47 Å². The highest BCUT2D eigenvalue weighted by Crippen LogP contribution is 2.37. The molecule has 0 N–H and O–H groups in total. The third kappa shape index (κ3) is 4.60. The van der Waals surface area contributed by atoms with Gasteiger partial charge in [0.05, 0.1) is 17.7 Å². The molecule has 7 heteroatoms.